The zero-order valence-corrected chi connectivity index (χ0v) is 8.56. The Labute approximate surface area is 85.2 Å². The van der Waals surface area contributed by atoms with Gasteiger partial charge in [-0.3, -0.25) is 4.90 Å². The highest BCUT2D eigenvalue weighted by Crippen LogP contribution is 2.18. The van der Waals surface area contributed by atoms with Crippen molar-refractivity contribution in [1.82, 2.24) is 4.90 Å². The van der Waals surface area contributed by atoms with E-state index in [4.69, 9.17) is 0 Å². The summed E-state index contributed by atoms with van der Waals surface area (Å²) in [6, 6.07) is 10.4. The van der Waals surface area contributed by atoms with Crippen LogP contribution in [-0.4, -0.2) is 29.2 Å². The molecule has 2 nitrogen and oxygen atoms in total. The van der Waals surface area contributed by atoms with E-state index in [9.17, 15) is 5.11 Å². The number of hydrogen-bond acceptors (Lipinski definition) is 2. The van der Waals surface area contributed by atoms with Crippen LogP contribution in [0.4, 0.5) is 0 Å². The molecule has 2 atom stereocenters. The molecule has 1 N–H and O–H groups in total. The van der Waals surface area contributed by atoms with Crippen molar-refractivity contribution in [2.75, 3.05) is 13.1 Å². The van der Waals surface area contributed by atoms with Crippen molar-refractivity contribution in [2.24, 2.45) is 5.92 Å². The van der Waals surface area contributed by atoms with Gasteiger partial charge in [-0.2, -0.15) is 0 Å². The summed E-state index contributed by atoms with van der Waals surface area (Å²) >= 11 is 0. The second-order valence-electron chi connectivity index (χ2n) is 4.22. The van der Waals surface area contributed by atoms with Gasteiger partial charge >= 0.3 is 0 Å². The van der Waals surface area contributed by atoms with E-state index in [0.717, 1.165) is 19.6 Å². The topological polar surface area (TPSA) is 23.5 Å². The molecule has 1 heterocycles. The number of β-amino-alcohol motifs (C(OH)–C–C–N with tert-alkyl or cyclic N) is 1. The molecule has 0 bridgehead atoms. The average Bonchev–Trinajstić information content (AvgIpc) is 2.47. The van der Waals surface area contributed by atoms with E-state index in [0.29, 0.717) is 5.92 Å². The second kappa shape index (κ2) is 4.11. The highest BCUT2D eigenvalue weighted by Gasteiger charge is 2.27. The van der Waals surface area contributed by atoms with Gasteiger partial charge in [0.25, 0.3) is 0 Å². The van der Waals surface area contributed by atoms with E-state index in [2.05, 4.69) is 36.1 Å². The third kappa shape index (κ3) is 2.14. The van der Waals surface area contributed by atoms with Gasteiger partial charge in [-0.25, -0.2) is 0 Å². The monoisotopic (exact) mass is 191 g/mol. The fourth-order valence-corrected chi connectivity index (χ4v) is 2.02. The molecule has 76 valence electrons. The number of aliphatic hydroxyl groups excluding tert-OH is 1. The smallest absolute Gasteiger partial charge is 0.0704 e. The van der Waals surface area contributed by atoms with Crippen LogP contribution in [0.3, 0.4) is 0 Å². The standard InChI is InChI=1S/C12H17NO/c1-10-7-13(9-12(10)14)8-11-5-3-2-4-6-11/h2-6,10,12,14H,7-9H2,1H3/t10-,12-/m1/s1. The van der Waals surface area contributed by atoms with Crippen molar-refractivity contribution < 1.29 is 5.11 Å². The summed E-state index contributed by atoms with van der Waals surface area (Å²) < 4.78 is 0. The van der Waals surface area contributed by atoms with Crippen LogP contribution in [0.5, 0.6) is 0 Å². The lowest BCUT2D eigenvalue weighted by Crippen LogP contribution is -2.21. The van der Waals surface area contributed by atoms with Gasteiger partial charge in [0.05, 0.1) is 6.10 Å². The Morgan fingerprint density at radius 3 is 2.57 bits per heavy atom. The molecule has 2 heteroatoms. The normalized spacial score (nSPS) is 28.1. The minimum absolute atomic E-state index is 0.140. The van der Waals surface area contributed by atoms with Gasteiger partial charge in [0, 0.05) is 19.6 Å². The van der Waals surface area contributed by atoms with Crippen LogP contribution >= 0.6 is 0 Å². The Bertz CT molecular complexity index is 276. The fraction of sp³-hybridized carbons (Fsp3) is 0.500. The molecule has 0 amide bonds. The number of benzene rings is 1. The summed E-state index contributed by atoms with van der Waals surface area (Å²) in [7, 11) is 0. The van der Waals surface area contributed by atoms with Gasteiger partial charge in [0.1, 0.15) is 0 Å². The Hall–Kier alpha value is -0.860. The number of nitrogens with zero attached hydrogens (tertiary/aromatic N) is 1. The molecule has 0 aliphatic carbocycles. The molecule has 0 spiro atoms. The van der Waals surface area contributed by atoms with Crippen molar-refractivity contribution in [3.63, 3.8) is 0 Å². The third-order valence-corrected chi connectivity index (χ3v) is 2.90. The minimum atomic E-state index is -0.140. The lowest BCUT2D eigenvalue weighted by atomic mass is 10.1. The van der Waals surface area contributed by atoms with Gasteiger partial charge in [0.15, 0.2) is 0 Å². The lowest BCUT2D eigenvalue weighted by molar-refractivity contribution is 0.147. The molecule has 1 aliphatic heterocycles. The van der Waals surface area contributed by atoms with E-state index in [1.165, 1.54) is 5.56 Å². The SMILES string of the molecule is C[C@@H]1CN(Cc2ccccc2)C[C@H]1O. The van der Waals surface area contributed by atoms with E-state index in [1.54, 1.807) is 0 Å². The van der Waals surface area contributed by atoms with Gasteiger partial charge in [0.2, 0.25) is 0 Å². The summed E-state index contributed by atoms with van der Waals surface area (Å²) in [5, 5.41) is 9.60. The first-order valence-electron chi connectivity index (χ1n) is 5.20. The maximum atomic E-state index is 9.60. The zero-order valence-electron chi connectivity index (χ0n) is 8.56. The maximum absolute atomic E-state index is 9.60. The van der Waals surface area contributed by atoms with Crippen LogP contribution in [0.1, 0.15) is 12.5 Å². The Morgan fingerprint density at radius 1 is 1.29 bits per heavy atom. The quantitative estimate of drug-likeness (QED) is 0.765. The maximum Gasteiger partial charge on any atom is 0.0704 e. The Balaban J connectivity index is 1.94. The minimum Gasteiger partial charge on any atom is -0.391 e. The first-order chi connectivity index (χ1) is 6.75. The molecule has 0 radical (unpaired) electrons. The molecule has 0 unspecified atom stereocenters. The van der Waals surface area contributed by atoms with Crippen LogP contribution in [0.15, 0.2) is 30.3 Å². The van der Waals surface area contributed by atoms with Crippen molar-refractivity contribution in [3.05, 3.63) is 35.9 Å². The predicted octanol–water partition coefficient (Wildman–Crippen LogP) is 1.50. The van der Waals surface area contributed by atoms with E-state index >= 15 is 0 Å². The molecule has 0 aromatic heterocycles. The molecule has 1 aliphatic rings. The van der Waals surface area contributed by atoms with Crippen molar-refractivity contribution >= 4 is 0 Å². The molecule has 1 saturated heterocycles. The highest BCUT2D eigenvalue weighted by atomic mass is 16.3. The zero-order chi connectivity index (χ0) is 9.97. The van der Waals surface area contributed by atoms with Gasteiger partial charge < -0.3 is 5.11 Å². The van der Waals surface area contributed by atoms with Crippen molar-refractivity contribution in [2.45, 2.75) is 19.6 Å². The molecule has 1 aromatic rings. The molecule has 1 aromatic carbocycles. The lowest BCUT2D eigenvalue weighted by Gasteiger charge is -2.14. The van der Waals surface area contributed by atoms with E-state index in [-0.39, 0.29) is 6.10 Å². The molecule has 14 heavy (non-hydrogen) atoms. The summed E-state index contributed by atoms with van der Waals surface area (Å²) in [5.74, 6) is 0.415. The summed E-state index contributed by atoms with van der Waals surface area (Å²) in [4.78, 5) is 2.31. The second-order valence-corrected chi connectivity index (χ2v) is 4.22. The predicted molar refractivity (Wildman–Crippen MR) is 56.9 cm³/mol. The first kappa shape index (κ1) is 9.69. The molecule has 0 saturated carbocycles. The Morgan fingerprint density at radius 2 is 2.00 bits per heavy atom. The molecule has 2 rings (SSSR count). The molecular formula is C12H17NO. The number of aliphatic hydroxyl groups is 1. The van der Waals surface area contributed by atoms with Gasteiger partial charge in [-0.1, -0.05) is 37.3 Å². The van der Waals surface area contributed by atoms with Gasteiger partial charge in [-0.05, 0) is 11.5 Å². The van der Waals surface area contributed by atoms with E-state index < -0.39 is 0 Å². The number of hydrogen-bond donors (Lipinski definition) is 1. The third-order valence-electron chi connectivity index (χ3n) is 2.90. The number of rotatable bonds is 2. The van der Waals surface area contributed by atoms with Crippen LogP contribution in [-0.2, 0) is 6.54 Å². The van der Waals surface area contributed by atoms with Crippen LogP contribution in [0, 0.1) is 5.92 Å². The van der Waals surface area contributed by atoms with Crippen LogP contribution < -0.4 is 0 Å². The van der Waals surface area contributed by atoms with Crippen LogP contribution in [0.2, 0.25) is 0 Å². The fourth-order valence-electron chi connectivity index (χ4n) is 2.02. The number of likely N-dealkylation sites (tertiary alicyclic amines) is 1. The highest BCUT2D eigenvalue weighted by molar-refractivity contribution is 5.14. The average molecular weight is 191 g/mol. The van der Waals surface area contributed by atoms with Gasteiger partial charge in [-0.15, -0.1) is 0 Å². The van der Waals surface area contributed by atoms with E-state index in [1.807, 2.05) is 6.07 Å². The summed E-state index contributed by atoms with van der Waals surface area (Å²) in [6.07, 6.45) is -0.140. The van der Waals surface area contributed by atoms with Crippen molar-refractivity contribution in [1.29, 1.82) is 0 Å². The largest absolute Gasteiger partial charge is 0.391 e. The first-order valence-corrected chi connectivity index (χ1v) is 5.20. The summed E-state index contributed by atoms with van der Waals surface area (Å²) in [5.41, 5.74) is 1.33. The van der Waals surface area contributed by atoms with Crippen LogP contribution in [0.25, 0.3) is 0 Å². The van der Waals surface area contributed by atoms with Crippen molar-refractivity contribution in [3.8, 4) is 0 Å². The molecular weight excluding hydrogens is 174 g/mol. The molecule has 1 fully saturated rings. The Kier molecular flexibility index (Phi) is 2.85. The summed E-state index contributed by atoms with van der Waals surface area (Å²) in [6.45, 7) is 4.89.